The molecule has 0 radical (unpaired) electrons. The van der Waals surface area contributed by atoms with E-state index in [0.717, 1.165) is 17.7 Å². The highest BCUT2D eigenvalue weighted by Gasteiger charge is 2.28. The monoisotopic (exact) mass is 319 g/mol. The van der Waals surface area contributed by atoms with Gasteiger partial charge in [-0.15, -0.1) is 0 Å². The number of nitrogens with one attached hydrogen (secondary N) is 1. The molecule has 0 saturated carbocycles. The van der Waals surface area contributed by atoms with Gasteiger partial charge in [-0.25, -0.2) is 13.1 Å². The number of hydrogen-bond donors (Lipinski definition) is 1. The summed E-state index contributed by atoms with van der Waals surface area (Å²) in [5.74, 6) is -0.190. The van der Waals surface area contributed by atoms with Gasteiger partial charge in [-0.3, -0.25) is 4.79 Å². The van der Waals surface area contributed by atoms with Crippen LogP contribution in [0.4, 0.5) is 5.69 Å². The highest BCUT2D eigenvalue weighted by molar-refractivity contribution is 7.89. The normalized spacial score (nSPS) is 14.2. The smallest absolute Gasteiger partial charge is 0.274 e. The lowest BCUT2D eigenvalue weighted by molar-refractivity contribution is 0.0981. The van der Waals surface area contributed by atoms with Crippen LogP contribution in [-0.2, 0) is 23.5 Å². The Morgan fingerprint density at radius 2 is 2.00 bits per heavy atom. The molecule has 7 heteroatoms. The topological polar surface area (TPSA) is 71.4 Å². The van der Waals surface area contributed by atoms with Crippen LogP contribution in [0.3, 0.4) is 0 Å². The van der Waals surface area contributed by atoms with E-state index < -0.39 is 10.0 Å². The molecule has 1 aliphatic heterocycles. The van der Waals surface area contributed by atoms with Crippen molar-refractivity contribution >= 4 is 21.6 Å². The first-order valence-electron chi connectivity index (χ1n) is 6.94. The Hall–Kier alpha value is -2.12. The third-order valence-corrected chi connectivity index (χ3v) is 5.29. The van der Waals surface area contributed by atoms with Crippen molar-refractivity contribution < 1.29 is 13.2 Å². The molecule has 0 spiro atoms. The van der Waals surface area contributed by atoms with Crippen LogP contribution in [-0.4, -0.2) is 32.5 Å². The minimum Gasteiger partial charge on any atom is -0.345 e. The van der Waals surface area contributed by atoms with Crippen LogP contribution >= 0.6 is 0 Å². The van der Waals surface area contributed by atoms with Crippen molar-refractivity contribution in [2.24, 2.45) is 7.05 Å². The standard InChI is InChI=1S/C15H17N3O3S/c1-16-22(20,21)12-9-14(17(2)10-12)15(19)18-8-7-11-5-3-4-6-13(11)18/h3-6,9-10,16H,7-8H2,1-2H3. The Bertz CT molecular complexity index is 839. The number of amides is 1. The van der Waals surface area contributed by atoms with Crippen molar-refractivity contribution in [3.63, 3.8) is 0 Å². The van der Waals surface area contributed by atoms with E-state index >= 15 is 0 Å². The van der Waals surface area contributed by atoms with E-state index in [-0.39, 0.29) is 10.8 Å². The van der Waals surface area contributed by atoms with Crippen molar-refractivity contribution in [1.29, 1.82) is 0 Å². The molecule has 0 aliphatic carbocycles. The summed E-state index contributed by atoms with van der Waals surface area (Å²) in [6.07, 6.45) is 2.26. The summed E-state index contributed by atoms with van der Waals surface area (Å²) in [4.78, 5) is 14.5. The summed E-state index contributed by atoms with van der Waals surface area (Å²) < 4.78 is 27.5. The number of carbonyl (C=O) groups is 1. The van der Waals surface area contributed by atoms with E-state index in [1.54, 1.807) is 16.5 Å². The van der Waals surface area contributed by atoms with Gasteiger partial charge >= 0.3 is 0 Å². The van der Waals surface area contributed by atoms with E-state index in [1.165, 1.54) is 19.3 Å². The molecular formula is C15H17N3O3S. The van der Waals surface area contributed by atoms with Crippen LogP contribution in [0.25, 0.3) is 0 Å². The second-order valence-electron chi connectivity index (χ2n) is 5.22. The first-order chi connectivity index (χ1) is 10.4. The second-order valence-corrected chi connectivity index (χ2v) is 7.10. The van der Waals surface area contributed by atoms with Crippen molar-refractivity contribution in [2.45, 2.75) is 11.3 Å². The number of nitrogens with zero attached hydrogens (tertiary/aromatic N) is 2. The molecule has 1 aliphatic rings. The van der Waals surface area contributed by atoms with Gasteiger partial charge in [-0.05, 0) is 31.2 Å². The number of sulfonamides is 1. The first-order valence-corrected chi connectivity index (χ1v) is 8.42. The van der Waals surface area contributed by atoms with Crippen LogP contribution in [0, 0.1) is 0 Å². The molecule has 1 aromatic heterocycles. The Labute approximate surface area is 129 Å². The second kappa shape index (κ2) is 5.26. The molecule has 1 amide bonds. The van der Waals surface area contributed by atoms with Gasteiger partial charge in [0.2, 0.25) is 10.0 Å². The number of rotatable bonds is 3. The van der Waals surface area contributed by atoms with E-state index in [0.29, 0.717) is 12.2 Å². The van der Waals surface area contributed by atoms with Crippen LogP contribution in [0.2, 0.25) is 0 Å². The Balaban J connectivity index is 1.98. The summed E-state index contributed by atoms with van der Waals surface area (Å²) in [6, 6.07) is 9.17. The van der Waals surface area contributed by atoms with Gasteiger partial charge in [0.25, 0.3) is 5.91 Å². The predicted molar refractivity (Wildman–Crippen MR) is 83.5 cm³/mol. The van der Waals surface area contributed by atoms with Crippen LogP contribution in [0.15, 0.2) is 41.4 Å². The summed E-state index contributed by atoms with van der Waals surface area (Å²) >= 11 is 0. The fourth-order valence-electron chi connectivity index (χ4n) is 2.70. The van der Waals surface area contributed by atoms with Crippen LogP contribution in [0.1, 0.15) is 16.1 Å². The average molecular weight is 319 g/mol. The molecule has 22 heavy (non-hydrogen) atoms. The molecule has 2 aromatic rings. The minimum atomic E-state index is -3.56. The fraction of sp³-hybridized carbons (Fsp3) is 0.267. The molecule has 6 nitrogen and oxygen atoms in total. The van der Waals surface area contributed by atoms with Crippen molar-refractivity contribution in [3.8, 4) is 0 Å². The molecule has 0 unspecified atom stereocenters. The number of benzene rings is 1. The quantitative estimate of drug-likeness (QED) is 0.922. The number of anilines is 1. The van der Waals surface area contributed by atoms with E-state index in [4.69, 9.17) is 0 Å². The van der Waals surface area contributed by atoms with Gasteiger partial charge in [-0.1, -0.05) is 18.2 Å². The van der Waals surface area contributed by atoms with Crippen LogP contribution < -0.4 is 9.62 Å². The maximum absolute atomic E-state index is 12.7. The Morgan fingerprint density at radius 1 is 1.27 bits per heavy atom. The first kappa shape index (κ1) is 14.8. The molecule has 0 bridgehead atoms. The van der Waals surface area contributed by atoms with Crippen molar-refractivity contribution in [3.05, 3.63) is 47.8 Å². The number of fused-ring (bicyclic) bond motifs is 1. The molecule has 0 fully saturated rings. The summed E-state index contributed by atoms with van der Waals surface area (Å²) in [6.45, 7) is 0.609. The number of carbonyl (C=O) groups excluding carboxylic acids is 1. The van der Waals surface area contributed by atoms with E-state index in [2.05, 4.69) is 4.72 Å². The van der Waals surface area contributed by atoms with Crippen molar-refractivity contribution in [2.75, 3.05) is 18.5 Å². The molecule has 1 aromatic carbocycles. The van der Waals surface area contributed by atoms with Crippen LogP contribution in [0.5, 0.6) is 0 Å². The fourth-order valence-corrected chi connectivity index (χ4v) is 3.50. The third-order valence-electron chi connectivity index (χ3n) is 3.91. The lowest BCUT2D eigenvalue weighted by Crippen LogP contribution is -2.30. The lowest BCUT2D eigenvalue weighted by Gasteiger charge is -2.17. The molecule has 3 rings (SSSR count). The largest absolute Gasteiger partial charge is 0.345 e. The Morgan fingerprint density at radius 3 is 2.73 bits per heavy atom. The molecular weight excluding hydrogens is 302 g/mol. The zero-order valence-electron chi connectivity index (χ0n) is 12.4. The van der Waals surface area contributed by atoms with Crippen molar-refractivity contribution in [1.82, 2.24) is 9.29 Å². The zero-order chi connectivity index (χ0) is 15.9. The van der Waals surface area contributed by atoms with Gasteiger partial charge in [-0.2, -0.15) is 0 Å². The van der Waals surface area contributed by atoms with Gasteiger partial charge in [0, 0.05) is 25.5 Å². The SMILES string of the molecule is CNS(=O)(=O)c1cc(C(=O)N2CCc3ccccc32)n(C)c1. The molecule has 2 heterocycles. The maximum Gasteiger partial charge on any atom is 0.274 e. The number of para-hydroxylation sites is 1. The summed E-state index contributed by atoms with van der Waals surface area (Å²) in [7, 11) is -0.541. The lowest BCUT2D eigenvalue weighted by atomic mass is 10.2. The highest BCUT2D eigenvalue weighted by Crippen LogP contribution is 2.29. The summed E-state index contributed by atoms with van der Waals surface area (Å²) in [5.41, 5.74) is 2.38. The molecule has 0 atom stereocenters. The number of aryl methyl sites for hydroxylation is 1. The molecule has 116 valence electrons. The van der Waals surface area contributed by atoms with Gasteiger partial charge in [0.15, 0.2) is 0 Å². The highest BCUT2D eigenvalue weighted by atomic mass is 32.2. The maximum atomic E-state index is 12.7. The van der Waals surface area contributed by atoms with Gasteiger partial charge < -0.3 is 9.47 Å². The minimum absolute atomic E-state index is 0.0910. The van der Waals surface area contributed by atoms with Gasteiger partial charge in [0.1, 0.15) is 10.6 Å². The van der Waals surface area contributed by atoms with Gasteiger partial charge in [0.05, 0.1) is 0 Å². The zero-order valence-corrected chi connectivity index (χ0v) is 13.2. The van der Waals surface area contributed by atoms with E-state index in [1.807, 2.05) is 24.3 Å². The number of hydrogen-bond acceptors (Lipinski definition) is 3. The average Bonchev–Trinajstić information content (AvgIpc) is 3.10. The van der Waals surface area contributed by atoms with E-state index in [9.17, 15) is 13.2 Å². The molecule has 0 saturated heterocycles. The number of aromatic nitrogens is 1. The third kappa shape index (κ3) is 2.32. The summed E-state index contributed by atoms with van der Waals surface area (Å²) in [5, 5.41) is 0. The predicted octanol–water partition coefficient (Wildman–Crippen LogP) is 1.14. The Kier molecular flexibility index (Phi) is 3.54. The molecule has 1 N–H and O–H groups in total.